The zero-order valence-corrected chi connectivity index (χ0v) is 11.6. The van der Waals surface area contributed by atoms with Gasteiger partial charge in [0.25, 0.3) is 0 Å². The molecule has 2 aromatic rings. The molecule has 2 N–H and O–H groups in total. The predicted octanol–water partition coefficient (Wildman–Crippen LogP) is 3.11. The average Bonchev–Trinajstić information content (AvgIpc) is 2.40. The molecule has 5 nitrogen and oxygen atoms in total. The summed E-state index contributed by atoms with van der Waals surface area (Å²) >= 11 is 0. The number of ether oxygens (including phenoxy) is 2. The summed E-state index contributed by atoms with van der Waals surface area (Å²) in [6, 6.07) is 7.89. The van der Waals surface area contributed by atoms with Gasteiger partial charge >= 0.3 is 6.61 Å². The second-order valence-electron chi connectivity index (χ2n) is 4.55. The van der Waals surface area contributed by atoms with E-state index < -0.39 is 6.61 Å². The Hall–Kier alpha value is -2.44. The maximum absolute atomic E-state index is 12.4. The molecule has 0 bridgehead atoms. The zero-order chi connectivity index (χ0) is 15.4. The fourth-order valence-electron chi connectivity index (χ4n) is 1.70. The van der Waals surface area contributed by atoms with E-state index in [1.165, 1.54) is 6.07 Å². The van der Waals surface area contributed by atoms with Gasteiger partial charge in [-0.3, -0.25) is 0 Å². The summed E-state index contributed by atoms with van der Waals surface area (Å²) in [6.45, 7) is 0.672. The molecule has 1 aromatic heterocycles. The first kappa shape index (κ1) is 15.0. The maximum atomic E-state index is 12.4. The van der Waals surface area contributed by atoms with E-state index in [1.807, 2.05) is 0 Å². The molecule has 0 saturated carbocycles. The number of nitrogens with zero attached hydrogens (tertiary/aromatic N) is 2. The molecule has 0 aliphatic carbocycles. The minimum absolute atomic E-state index is 0.0224. The van der Waals surface area contributed by atoms with Crippen molar-refractivity contribution in [3.8, 4) is 22.8 Å². The first-order chi connectivity index (χ1) is 9.95. The lowest BCUT2D eigenvalue weighted by atomic mass is 10.1. The molecule has 0 fully saturated rings. The van der Waals surface area contributed by atoms with Crippen molar-refractivity contribution >= 4 is 5.82 Å². The van der Waals surface area contributed by atoms with E-state index in [1.54, 1.807) is 38.1 Å². The van der Waals surface area contributed by atoms with Crippen LogP contribution in [0.15, 0.2) is 30.3 Å². The SMILES string of the molecule is CC(C)Oc1cc(-c2ccc(N)nn2)ccc1OC(F)F. The van der Waals surface area contributed by atoms with Gasteiger partial charge in [-0.15, -0.1) is 10.2 Å². The van der Waals surface area contributed by atoms with E-state index in [9.17, 15) is 8.78 Å². The second kappa shape index (κ2) is 6.34. The molecule has 0 radical (unpaired) electrons. The number of nitrogens with two attached hydrogens (primary N) is 1. The molecule has 0 atom stereocenters. The summed E-state index contributed by atoms with van der Waals surface area (Å²) in [5, 5.41) is 7.69. The lowest BCUT2D eigenvalue weighted by Crippen LogP contribution is -2.09. The molecule has 0 saturated heterocycles. The fraction of sp³-hybridized carbons (Fsp3) is 0.286. The molecule has 0 amide bonds. The Bertz CT molecular complexity index is 604. The normalized spacial score (nSPS) is 11.0. The van der Waals surface area contributed by atoms with Crippen LogP contribution in [0.5, 0.6) is 11.5 Å². The van der Waals surface area contributed by atoms with Crippen LogP contribution >= 0.6 is 0 Å². The van der Waals surface area contributed by atoms with Gasteiger partial charge in [-0.2, -0.15) is 8.78 Å². The van der Waals surface area contributed by atoms with E-state index in [4.69, 9.17) is 10.5 Å². The number of hydrogen-bond donors (Lipinski definition) is 1. The van der Waals surface area contributed by atoms with E-state index in [2.05, 4.69) is 14.9 Å². The molecule has 0 spiro atoms. The Morgan fingerprint density at radius 2 is 1.76 bits per heavy atom. The highest BCUT2D eigenvalue weighted by Gasteiger charge is 2.14. The summed E-state index contributed by atoms with van der Waals surface area (Å²) in [5.74, 6) is 0.502. The highest BCUT2D eigenvalue weighted by molar-refractivity contribution is 5.64. The van der Waals surface area contributed by atoms with Crippen molar-refractivity contribution < 1.29 is 18.3 Å². The molecule has 7 heteroatoms. The summed E-state index contributed by atoms with van der Waals surface area (Å²) in [5.41, 5.74) is 6.70. The number of anilines is 1. The largest absolute Gasteiger partial charge is 0.487 e. The standard InChI is InChI=1S/C14H15F2N3O2/c1-8(2)20-12-7-9(3-5-11(12)21-14(15)16)10-4-6-13(17)19-18-10/h3-8,14H,1-2H3,(H2,17,19). The molecule has 112 valence electrons. The number of aromatic nitrogens is 2. The van der Waals surface area contributed by atoms with Crippen molar-refractivity contribution in [2.75, 3.05) is 5.73 Å². The number of alkyl halides is 2. The van der Waals surface area contributed by atoms with Crippen LogP contribution in [-0.2, 0) is 0 Å². The zero-order valence-electron chi connectivity index (χ0n) is 11.6. The Kier molecular flexibility index (Phi) is 4.52. The van der Waals surface area contributed by atoms with Gasteiger partial charge in [0.15, 0.2) is 11.5 Å². The average molecular weight is 295 g/mol. The number of benzene rings is 1. The topological polar surface area (TPSA) is 70.3 Å². The van der Waals surface area contributed by atoms with E-state index >= 15 is 0 Å². The highest BCUT2D eigenvalue weighted by atomic mass is 19.3. The molecule has 2 rings (SSSR count). The van der Waals surface area contributed by atoms with Crippen molar-refractivity contribution in [3.63, 3.8) is 0 Å². The van der Waals surface area contributed by atoms with Gasteiger partial charge in [0.2, 0.25) is 0 Å². The van der Waals surface area contributed by atoms with Crippen molar-refractivity contribution in [1.82, 2.24) is 10.2 Å². The fourth-order valence-corrected chi connectivity index (χ4v) is 1.70. The van der Waals surface area contributed by atoms with Crippen LogP contribution in [-0.4, -0.2) is 22.9 Å². The van der Waals surface area contributed by atoms with Gasteiger partial charge in [-0.25, -0.2) is 0 Å². The smallest absolute Gasteiger partial charge is 0.387 e. The van der Waals surface area contributed by atoms with Gasteiger partial charge in [0, 0.05) is 5.56 Å². The summed E-state index contributed by atoms with van der Waals surface area (Å²) in [6.07, 6.45) is -0.183. The second-order valence-corrected chi connectivity index (χ2v) is 4.55. The maximum Gasteiger partial charge on any atom is 0.387 e. The molecule has 1 aromatic carbocycles. The van der Waals surface area contributed by atoms with Crippen molar-refractivity contribution in [2.45, 2.75) is 26.6 Å². The van der Waals surface area contributed by atoms with Gasteiger partial charge in [0.05, 0.1) is 11.8 Å². The molecule has 0 unspecified atom stereocenters. The first-order valence-corrected chi connectivity index (χ1v) is 6.31. The van der Waals surface area contributed by atoms with Crippen molar-refractivity contribution in [1.29, 1.82) is 0 Å². The molecule has 21 heavy (non-hydrogen) atoms. The Morgan fingerprint density at radius 3 is 2.33 bits per heavy atom. The summed E-state index contributed by atoms with van der Waals surface area (Å²) < 4.78 is 34.7. The Labute approximate surface area is 120 Å². The lowest BCUT2D eigenvalue weighted by molar-refractivity contribution is -0.0518. The number of halogens is 2. The minimum atomic E-state index is -2.92. The molecule has 0 aliphatic heterocycles. The van der Waals surface area contributed by atoms with Gasteiger partial charge in [-0.05, 0) is 44.2 Å². The Morgan fingerprint density at radius 1 is 1.00 bits per heavy atom. The first-order valence-electron chi connectivity index (χ1n) is 6.31. The predicted molar refractivity (Wildman–Crippen MR) is 74.3 cm³/mol. The number of hydrogen-bond acceptors (Lipinski definition) is 5. The molecule has 1 heterocycles. The molecular weight excluding hydrogens is 280 g/mol. The van der Waals surface area contributed by atoms with Crippen LogP contribution in [0, 0.1) is 0 Å². The summed E-state index contributed by atoms with van der Waals surface area (Å²) in [4.78, 5) is 0. The van der Waals surface area contributed by atoms with Crippen LogP contribution in [0.2, 0.25) is 0 Å². The van der Waals surface area contributed by atoms with E-state index in [-0.39, 0.29) is 17.6 Å². The minimum Gasteiger partial charge on any atom is -0.487 e. The third-order valence-electron chi connectivity index (χ3n) is 2.50. The molecule has 0 aliphatic rings. The van der Waals surface area contributed by atoms with Gasteiger partial charge in [0.1, 0.15) is 5.82 Å². The van der Waals surface area contributed by atoms with Crippen molar-refractivity contribution in [3.05, 3.63) is 30.3 Å². The quantitative estimate of drug-likeness (QED) is 0.917. The highest BCUT2D eigenvalue weighted by Crippen LogP contribution is 2.33. The Balaban J connectivity index is 2.38. The van der Waals surface area contributed by atoms with Crippen molar-refractivity contribution in [2.24, 2.45) is 0 Å². The van der Waals surface area contributed by atoms with Gasteiger partial charge < -0.3 is 15.2 Å². The van der Waals surface area contributed by atoms with Crippen LogP contribution in [0.25, 0.3) is 11.3 Å². The number of nitrogen functional groups attached to an aromatic ring is 1. The number of rotatable bonds is 5. The van der Waals surface area contributed by atoms with Gasteiger partial charge in [-0.1, -0.05) is 0 Å². The molecular formula is C14H15F2N3O2. The third kappa shape index (κ3) is 4.01. The monoisotopic (exact) mass is 295 g/mol. The van der Waals surface area contributed by atoms with Crippen LogP contribution in [0.4, 0.5) is 14.6 Å². The van der Waals surface area contributed by atoms with E-state index in [0.29, 0.717) is 17.1 Å². The lowest BCUT2D eigenvalue weighted by Gasteiger charge is -2.15. The van der Waals surface area contributed by atoms with Crippen LogP contribution < -0.4 is 15.2 Å². The third-order valence-corrected chi connectivity index (χ3v) is 2.50. The van der Waals surface area contributed by atoms with Crippen LogP contribution in [0.1, 0.15) is 13.8 Å². The summed E-state index contributed by atoms with van der Waals surface area (Å²) in [7, 11) is 0. The van der Waals surface area contributed by atoms with E-state index in [0.717, 1.165) is 0 Å². The van der Waals surface area contributed by atoms with Crippen LogP contribution in [0.3, 0.4) is 0 Å².